The average molecular weight is 614 g/mol. The highest BCUT2D eigenvalue weighted by molar-refractivity contribution is 6.35. The lowest BCUT2D eigenvalue weighted by Gasteiger charge is -2.19. The molecule has 2 heterocycles. The first-order chi connectivity index (χ1) is 21.1. The Morgan fingerprint density at radius 3 is 2.50 bits per heavy atom. The van der Waals surface area contributed by atoms with E-state index in [-0.39, 0.29) is 36.7 Å². The Morgan fingerprint density at radius 1 is 1.11 bits per heavy atom. The van der Waals surface area contributed by atoms with E-state index < -0.39 is 35.1 Å². The van der Waals surface area contributed by atoms with Gasteiger partial charge in [-0.1, -0.05) is 39.5 Å². The zero-order chi connectivity index (χ0) is 32.1. The lowest BCUT2D eigenvalue weighted by molar-refractivity contribution is -0.146. The van der Waals surface area contributed by atoms with Gasteiger partial charge in [-0.3, -0.25) is 33.6 Å². The smallest absolute Gasteiger partial charge is 0.310 e. The van der Waals surface area contributed by atoms with Crippen molar-refractivity contribution in [3.05, 3.63) is 46.9 Å². The highest BCUT2D eigenvalue weighted by atomic mass is 16.7. The van der Waals surface area contributed by atoms with Crippen LogP contribution in [0.5, 0.6) is 0 Å². The first-order valence-corrected chi connectivity index (χ1v) is 15.1. The third-order valence-corrected chi connectivity index (χ3v) is 7.88. The topological polar surface area (TPSA) is 183 Å². The van der Waals surface area contributed by atoms with Crippen molar-refractivity contribution >= 4 is 35.1 Å². The molecule has 1 saturated carbocycles. The fourth-order valence-corrected chi connectivity index (χ4v) is 4.95. The van der Waals surface area contributed by atoms with E-state index in [4.69, 9.17) is 4.84 Å². The Hall–Kier alpha value is -4.33. The second kappa shape index (κ2) is 17.1. The number of carbonyl (C=O) groups excluding carboxylic acids is 5. The van der Waals surface area contributed by atoms with Gasteiger partial charge in [0, 0.05) is 26.2 Å². The van der Waals surface area contributed by atoms with E-state index in [1.165, 1.54) is 40.0 Å². The fraction of sp³-hybridized carbons (Fsp3) is 0.567. The van der Waals surface area contributed by atoms with E-state index in [1.54, 1.807) is 7.05 Å². The highest BCUT2D eigenvalue weighted by Gasteiger charge is 2.26. The summed E-state index contributed by atoms with van der Waals surface area (Å²) < 4.78 is 2.62. The number of nitrogens with zero attached hydrogens (tertiary/aromatic N) is 3. The number of imidazole rings is 1. The minimum atomic E-state index is -1.29. The maximum atomic E-state index is 13.3. The van der Waals surface area contributed by atoms with Crippen LogP contribution in [0.15, 0.2) is 35.6 Å². The van der Waals surface area contributed by atoms with Gasteiger partial charge in [0.15, 0.2) is 0 Å². The highest BCUT2D eigenvalue weighted by Crippen LogP contribution is 2.24. The normalized spacial score (nSPS) is 13.8. The fourth-order valence-electron chi connectivity index (χ4n) is 4.95. The SMILES string of the molecule is CCC(CC)CNC(=O)Cn1cccc(NC(=O)[C@H](CCC(=O)C(=O)NOCC2CCCC2)NC(=O)c2cncn2C)c1=O. The molecule has 1 aliphatic rings. The van der Waals surface area contributed by atoms with Gasteiger partial charge in [-0.2, -0.15) is 0 Å². The molecule has 3 rings (SSSR count). The molecule has 0 aromatic carbocycles. The zero-order valence-corrected chi connectivity index (χ0v) is 25.6. The third-order valence-electron chi connectivity index (χ3n) is 7.88. The molecule has 1 atom stereocenters. The number of aryl methyl sites for hydroxylation is 1. The molecule has 0 bridgehead atoms. The maximum absolute atomic E-state index is 13.3. The molecule has 0 radical (unpaired) electrons. The first kappa shape index (κ1) is 34.2. The molecule has 14 nitrogen and oxygen atoms in total. The Balaban J connectivity index is 1.65. The number of nitrogens with one attached hydrogen (secondary N) is 4. The largest absolute Gasteiger partial charge is 0.354 e. The van der Waals surface area contributed by atoms with Crippen molar-refractivity contribution in [3.63, 3.8) is 0 Å². The Labute approximate surface area is 256 Å². The van der Waals surface area contributed by atoms with E-state index >= 15 is 0 Å². The Morgan fingerprint density at radius 2 is 1.84 bits per heavy atom. The quantitative estimate of drug-likeness (QED) is 0.153. The van der Waals surface area contributed by atoms with Crippen LogP contribution in [-0.2, 0) is 37.6 Å². The number of pyridine rings is 1. The molecule has 2 aromatic rings. The van der Waals surface area contributed by atoms with E-state index in [9.17, 15) is 28.8 Å². The van der Waals surface area contributed by atoms with Crippen molar-refractivity contribution in [2.75, 3.05) is 18.5 Å². The number of anilines is 1. The summed E-state index contributed by atoms with van der Waals surface area (Å²) >= 11 is 0. The van der Waals surface area contributed by atoms with Crippen molar-refractivity contribution < 1.29 is 28.8 Å². The number of rotatable bonds is 17. The maximum Gasteiger partial charge on any atom is 0.310 e. The van der Waals surface area contributed by atoms with Gasteiger partial charge < -0.3 is 25.1 Å². The van der Waals surface area contributed by atoms with Crippen LogP contribution < -0.4 is 27.0 Å². The van der Waals surface area contributed by atoms with Gasteiger partial charge in [-0.05, 0) is 43.2 Å². The van der Waals surface area contributed by atoms with Gasteiger partial charge in [-0.25, -0.2) is 10.5 Å². The van der Waals surface area contributed by atoms with Gasteiger partial charge in [-0.15, -0.1) is 0 Å². The van der Waals surface area contributed by atoms with E-state index in [1.807, 2.05) is 13.8 Å². The number of hydrogen-bond acceptors (Lipinski definition) is 8. The summed E-state index contributed by atoms with van der Waals surface area (Å²) in [5.74, 6) is -2.86. The van der Waals surface area contributed by atoms with Gasteiger partial charge in [0.1, 0.15) is 24.0 Å². The molecule has 4 amide bonds. The van der Waals surface area contributed by atoms with Crippen LogP contribution in [0.3, 0.4) is 0 Å². The molecule has 0 saturated heterocycles. The molecule has 0 spiro atoms. The second-order valence-corrected chi connectivity index (χ2v) is 11.1. The van der Waals surface area contributed by atoms with Crippen LogP contribution in [0.2, 0.25) is 0 Å². The third kappa shape index (κ3) is 10.1. The molecule has 14 heteroatoms. The Kier molecular flexibility index (Phi) is 13.3. The van der Waals surface area contributed by atoms with Crippen molar-refractivity contribution in [1.82, 2.24) is 30.2 Å². The lowest BCUT2D eigenvalue weighted by Crippen LogP contribution is -2.46. The lowest BCUT2D eigenvalue weighted by atomic mass is 10.0. The first-order valence-electron chi connectivity index (χ1n) is 15.1. The van der Waals surface area contributed by atoms with Gasteiger partial charge >= 0.3 is 5.91 Å². The summed E-state index contributed by atoms with van der Waals surface area (Å²) in [7, 11) is 1.60. The molecule has 240 valence electrons. The summed E-state index contributed by atoms with van der Waals surface area (Å²) in [6.45, 7) is 4.66. The number of hydroxylamine groups is 1. The van der Waals surface area contributed by atoms with E-state index in [0.717, 1.165) is 38.5 Å². The summed E-state index contributed by atoms with van der Waals surface area (Å²) in [4.78, 5) is 85.6. The number of aromatic nitrogens is 3. The molecular formula is C30H43N7O7. The van der Waals surface area contributed by atoms with Crippen LogP contribution in [0.1, 0.15) is 75.7 Å². The average Bonchev–Trinajstić information content (AvgIpc) is 3.69. The van der Waals surface area contributed by atoms with Crippen molar-refractivity contribution in [3.8, 4) is 0 Å². The monoisotopic (exact) mass is 613 g/mol. The zero-order valence-electron chi connectivity index (χ0n) is 25.6. The predicted molar refractivity (Wildman–Crippen MR) is 161 cm³/mol. The van der Waals surface area contributed by atoms with Crippen LogP contribution in [-0.4, -0.2) is 62.7 Å². The molecule has 0 aliphatic heterocycles. The molecule has 1 aliphatic carbocycles. The molecular weight excluding hydrogens is 570 g/mol. The molecule has 2 aromatic heterocycles. The molecule has 0 unspecified atom stereocenters. The molecule has 4 N–H and O–H groups in total. The van der Waals surface area contributed by atoms with Crippen LogP contribution in [0, 0.1) is 11.8 Å². The van der Waals surface area contributed by atoms with Gasteiger partial charge in [0.05, 0.1) is 19.1 Å². The standard InChI is InChI=1S/C30H43N7O7/c1-4-20(5-2)15-32-26(39)17-37-14-8-11-23(30(37)43)34-27(40)22(33-28(41)24-16-31-19-36(24)3)12-13-25(38)29(42)35-44-18-21-9-6-7-10-21/h8,11,14,16,19-22H,4-7,9-10,12-13,15,17-18H2,1-3H3,(H,32,39)(H,33,41)(H,34,40)(H,35,42)/t22-/m0/s1. The van der Waals surface area contributed by atoms with Crippen LogP contribution in [0.4, 0.5) is 5.69 Å². The number of carbonyl (C=O) groups is 5. The summed E-state index contributed by atoms with van der Waals surface area (Å²) in [6.07, 6.45) is 9.63. The molecule has 1 fully saturated rings. The Bertz CT molecular complexity index is 1360. The minimum Gasteiger partial charge on any atom is -0.354 e. The van der Waals surface area contributed by atoms with E-state index in [2.05, 4.69) is 26.4 Å². The van der Waals surface area contributed by atoms with Crippen molar-refractivity contribution in [2.24, 2.45) is 18.9 Å². The van der Waals surface area contributed by atoms with Crippen LogP contribution in [0.25, 0.3) is 0 Å². The number of amides is 4. The number of Topliss-reactive ketones (excluding diaryl/α,β-unsaturated/α-hetero) is 1. The number of ketones is 1. The summed E-state index contributed by atoms with van der Waals surface area (Å²) in [5.41, 5.74) is 1.58. The van der Waals surface area contributed by atoms with Gasteiger partial charge in [0.25, 0.3) is 11.5 Å². The number of hydrogen-bond donors (Lipinski definition) is 4. The minimum absolute atomic E-state index is 0.116. The predicted octanol–water partition coefficient (Wildman–Crippen LogP) is 1.46. The second-order valence-electron chi connectivity index (χ2n) is 11.1. The molecule has 44 heavy (non-hydrogen) atoms. The van der Waals surface area contributed by atoms with Crippen molar-refractivity contribution in [2.45, 2.75) is 77.8 Å². The van der Waals surface area contributed by atoms with E-state index in [0.29, 0.717) is 25.0 Å². The van der Waals surface area contributed by atoms with Crippen molar-refractivity contribution in [1.29, 1.82) is 0 Å². The summed E-state index contributed by atoms with van der Waals surface area (Å²) in [6, 6.07) is 1.59. The van der Waals surface area contributed by atoms with Gasteiger partial charge in [0.2, 0.25) is 17.6 Å². The summed E-state index contributed by atoms with van der Waals surface area (Å²) in [5, 5.41) is 7.89. The van der Waals surface area contributed by atoms with Crippen LogP contribution >= 0.6 is 0 Å².